The van der Waals surface area contributed by atoms with Gasteiger partial charge in [-0.05, 0) is 58.6 Å². The van der Waals surface area contributed by atoms with Gasteiger partial charge in [0.15, 0.2) is 5.78 Å². The maximum absolute atomic E-state index is 12.1. The fraction of sp³-hybridized carbons (Fsp3) is 0. The number of ketones is 1. The number of rotatable bonds is 8. The number of benzene rings is 2. The van der Waals surface area contributed by atoms with E-state index >= 15 is 0 Å². The van der Waals surface area contributed by atoms with Gasteiger partial charge >= 0.3 is 0 Å². The van der Waals surface area contributed by atoms with Crippen molar-refractivity contribution in [3.8, 4) is 0 Å². The second kappa shape index (κ2) is 9.89. The highest BCUT2D eigenvalue weighted by molar-refractivity contribution is 7.86. The second-order valence-electron chi connectivity index (χ2n) is 5.84. The van der Waals surface area contributed by atoms with Crippen LogP contribution in [0.5, 0.6) is 0 Å². The summed E-state index contributed by atoms with van der Waals surface area (Å²) in [7, 11) is -9.40. The molecule has 0 aliphatic rings. The van der Waals surface area contributed by atoms with Crippen molar-refractivity contribution in [2.75, 3.05) is 0 Å². The fourth-order valence-electron chi connectivity index (χ4n) is 2.40. The van der Waals surface area contributed by atoms with Crippen molar-refractivity contribution in [3.05, 3.63) is 80.6 Å². The van der Waals surface area contributed by atoms with Crippen molar-refractivity contribution < 1.29 is 30.7 Å². The molecule has 0 atom stereocenters. The molecule has 0 radical (unpaired) electrons. The zero-order valence-corrected chi connectivity index (χ0v) is 17.3. The van der Waals surface area contributed by atoms with Crippen LogP contribution in [-0.4, -0.2) is 31.7 Å². The number of nitrogens with zero attached hydrogens (tertiary/aromatic N) is 6. The van der Waals surface area contributed by atoms with E-state index in [0.29, 0.717) is 0 Å². The Morgan fingerprint density at radius 3 is 1.47 bits per heavy atom. The summed E-state index contributed by atoms with van der Waals surface area (Å²) in [6, 6.07) is 6.75. The van der Waals surface area contributed by atoms with E-state index < -0.39 is 35.8 Å². The van der Waals surface area contributed by atoms with Crippen LogP contribution in [0.15, 0.2) is 68.6 Å². The van der Waals surface area contributed by atoms with Crippen molar-refractivity contribution in [1.29, 1.82) is 0 Å². The third-order valence-corrected chi connectivity index (χ3v) is 5.54. The predicted molar refractivity (Wildman–Crippen MR) is 113 cm³/mol. The van der Waals surface area contributed by atoms with Gasteiger partial charge in [0.05, 0.1) is 0 Å². The third kappa shape index (κ3) is 6.52. The minimum absolute atomic E-state index is 0.0783. The Hall–Kier alpha value is -3.97. The highest BCUT2D eigenvalue weighted by atomic mass is 32.2. The van der Waals surface area contributed by atoms with Gasteiger partial charge in [-0.2, -0.15) is 16.8 Å². The lowest BCUT2D eigenvalue weighted by molar-refractivity contribution is -0.110. The number of hydrogen-bond donors (Lipinski definition) is 2. The summed E-state index contributed by atoms with van der Waals surface area (Å²) in [4.78, 5) is 15.9. The maximum Gasteiger partial charge on any atom is 0.295 e. The number of carbonyl (C=O) groups is 1. The molecule has 2 aromatic carbocycles. The minimum atomic E-state index is -4.70. The standard InChI is InChI=1S/C17H12N6O7S2/c18-22-20-13-5-1-11(16(9-13)31(25,26)27)3-7-15(24)8-4-12-2-6-14(21-23-19)10-17(12)32(28,29)30/h1-10H,(H,25,26,27)(H,28,29,30). The van der Waals surface area contributed by atoms with Crippen LogP contribution in [0.25, 0.3) is 33.0 Å². The molecule has 0 amide bonds. The Labute approximate surface area is 181 Å². The normalized spacial score (nSPS) is 11.8. The van der Waals surface area contributed by atoms with Crippen LogP contribution in [0.1, 0.15) is 11.1 Å². The molecule has 0 bridgehead atoms. The number of hydrogen-bond acceptors (Lipinski definition) is 7. The molecule has 0 unspecified atom stereocenters. The van der Waals surface area contributed by atoms with Crippen molar-refractivity contribution >= 4 is 49.5 Å². The molecule has 15 heteroatoms. The number of carbonyl (C=O) groups excluding carboxylic acids is 1. The first-order valence-electron chi connectivity index (χ1n) is 8.19. The Morgan fingerprint density at radius 2 is 1.16 bits per heavy atom. The molecule has 0 fully saturated rings. The number of allylic oxidation sites excluding steroid dienone is 2. The Balaban J connectivity index is 2.38. The third-order valence-electron chi connectivity index (χ3n) is 3.72. The molecule has 0 aliphatic heterocycles. The largest absolute Gasteiger partial charge is 0.295 e. The first-order valence-corrected chi connectivity index (χ1v) is 11.1. The lowest BCUT2D eigenvalue weighted by Crippen LogP contribution is -2.01. The molecule has 0 spiro atoms. The van der Waals surface area contributed by atoms with E-state index in [2.05, 4.69) is 20.1 Å². The molecule has 2 aromatic rings. The highest BCUT2D eigenvalue weighted by Gasteiger charge is 2.16. The van der Waals surface area contributed by atoms with Gasteiger partial charge in [0.2, 0.25) is 0 Å². The van der Waals surface area contributed by atoms with Crippen LogP contribution in [0.3, 0.4) is 0 Å². The van der Waals surface area contributed by atoms with Gasteiger partial charge < -0.3 is 0 Å². The number of azide groups is 2. The molecule has 2 rings (SSSR count). The molecule has 0 heterocycles. The van der Waals surface area contributed by atoms with Crippen molar-refractivity contribution in [2.45, 2.75) is 9.79 Å². The first kappa shape index (κ1) is 24.3. The second-order valence-corrected chi connectivity index (χ2v) is 8.62. The predicted octanol–water partition coefficient (Wildman–Crippen LogP) is 4.36. The lowest BCUT2D eigenvalue weighted by Gasteiger charge is -2.04. The van der Waals surface area contributed by atoms with Crippen LogP contribution < -0.4 is 0 Å². The average Bonchev–Trinajstić information content (AvgIpc) is 2.71. The fourth-order valence-corrected chi connectivity index (χ4v) is 3.80. The van der Waals surface area contributed by atoms with E-state index in [1.807, 2.05) is 0 Å². The Morgan fingerprint density at radius 1 is 0.781 bits per heavy atom. The summed E-state index contributed by atoms with van der Waals surface area (Å²) in [5, 5.41) is 6.47. The molecule has 164 valence electrons. The van der Waals surface area contributed by atoms with Crippen LogP contribution in [0, 0.1) is 0 Å². The molecule has 2 N–H and O–H groups in total. The summed E-state index contributed by atoms with van der Waals surface area (Å²) in [6.45, 7) is 0. The van der Waals surface area contributed by atoms with Gasteiger partial charge in [-0.15, -0.1) is 0 Å². The van der Waals surface area contributed by atoms with Crippen LogP contribution in [0.2, 0.25) is 0 Å². The summed E-state index contributed by atoms with van der Waals surface area (Å²) < 4.78 is 64.9. The van der Waals surface area contributed by atoms with E-state index in [1.54, 1.807) is 0 Å². The Kier molecular flexibility index (Phi) is 7.51. The van der Waals surface area contributed by atoms with E-state index in [-0.39, 0.29) is 22.5 Å². The summed E-state index contributed by atoms with van der Waals surface area (Å²) >= 11 is 0. The zero-order valence-electron chi connectivity index (χ0n) is 15.7. The van der Waals surface area contributed by atoms with E-state index in [0.717, 1.165) is 36.4 Å². The SMILES string of the molecule is [N-]=[N+]=Nc1ccc(C=CC(=O)C=Cc2ccc(N=[N+]=[N-])cc2S(=O)(=O)O)c(S(=O)(=O)O)c1. The topological polar surface area (TPSA) is 223 Å². The maximum atomic E-state index is 12.1. The van der Waals surface area contributed by atoms with Crippen molar-refractivity contribution in [3.63, 3.8) is 0 Å². The minimum Gasteiger partial charge on any atom is -0.290 e. The van der Waals surface area contributed by atoms with Gasteiger partial charge in [0, 0.05) is 21.2 Å². The van der Waals surface area contributed by atoms with E-state index in [1.165, 1.54) is 24.3 Å². The summed E-state index contributed by atoms with van der Waals surface area (Å²) in [5.74, 6) is -0.703. The van der Waals surface area contributed by atoms with Crippen LogP contribution >= 0.6 is 0 Å². The van der Waals surface area contributed by atoms with Crippen LogP contribution in [0.4, 0.5) is 11.4 Å². The quantitative estimate of drug-likeness (QED) is 0.184. The Bertz CT molecular complexity index is 1340. The average molecular weight is 476 g/mol. The molecule has 0 aromatic heterocycles. The zero-order chi connectivity index (χ0) is 23.9. The molecule has 0 saturated carbocycles. The molecule has 32 heavy (non-hydrogen) atoms. The van der Waals surface area contributed by atoms with E-state index in [9.17, 15) is 30.7 Å². The van der Waals surface area contributed by atoms with E-state index in [4.69, 9.17) is 11.1 Å². The van der Waals surface area contributed by atoms with Gasteiger partial charge in [-0.3, -0.25) is 13.9 Å². The first-order chi connectivity index (χ1) is 15.0. The van der Waals surface area contributed by atoms with Gasteiger partial charge in [0.25, 0.3) is 20.2 Å². The molecular weight excluding hydrogens is 464 g/mol. The highest BCUT2D eigenvalue weighted by Crippen LogP contribution is 2.25. The smallest absolute Gasteiger partial charge is 0.290 e. The van der Waals surface area contributed by atoms with Crippen LogP contribution in [-0.2, 0) is 25.0 Å². The summed E-state index contributed by atoms with van der Waals surface area (Å²) in [6.07, 6.45) is 4.03. The lowest BCUT2D eigenvalue weighted by atomic mass is 10.1. The molecular formula is C17H12N6O7S2. The molecule has 0 saturated heterocycles. The van der Waals surface area contributed by atoms with Gasteiger partial charge in [-0.25, -0.2) is 0 Å². The van der Waals surface area contributed by atoms with Gasteiger partial charge in [0.1, 0.15) is 9.79 Å². The summed E-state index contributed by atoms with van der Waals surface area (Å²) in [5.41, 5.74) is 16.5. The van der Waals surface area contributed by atoms with Crippen molar-refractivity contribution in [2.24, 2.45) is 10.2 Å². The van der Waals surface area contributed by atoms with Crippen molar-refractivity contribution in [1.82, 2.24) is 0 Å². The van der Waals surface area contributed by atoms with Gasteiger partial charge in [-0.1, -0.05) is 34.5 Å². The molecule has 0 aliphatic carbocycles. The molecule has 13 nitrogen and oxygen atoms in total. The monoisotopic (exact) mass is 476 g/mol.